The van der Waals surface area contributed by atoms with E-state index in [4.69, 9.17) is 14.6 Å². The van der Waals surface area contributed by atoms with Crippen LogP contribution in [0.5, 0.6) is 0 Å². The van der Waals surface area contributed by atoms with Crippen LogP contribution >= 0.6 is 0 Å². The van der Waals surface area contributed by atoms with E-state index in [9.17, 15) is 9.59 Å². The standard InChI is InChI=1S/C12H21NO5/c1-7(13-11(16)18-12(2,3)4)8-5-6-9(17-8)10(14)15/h7-9H,5-6H2,1-4H3,(H,13,16)(H,14,15)/t7-,8+,9+/m0/s1. The third-order valence-corrected chi connectivity index (χ3v) is 2.63. The molecule has 2 N–H and O–H groups in total. The highest BCUT2D eigenvalue weighted by Crippen LogP contribution is 2.22. The molecule has 6 heteroatoms. The highest BCUT2D eigenvalue weighted by atomic mass is 16.6. The minimum atomic E-state index is -0.957. The number of hydrogen-bond donors (Lipinski definition) is 2. The van der Waals surface area contributed by atoms with Gasteiger partial charge in [-0.1, -0.05) is 0 Å². The van der Waals surface area contributed by atoms with Gasteiger partial charge in [0.1, 0.15) is 5.60 Å². The second-order valence-electron chi connectivity index (χ2n) is 5.51. The second-order valence-corrected chi connectivity index (χ2v) is 5.51. The number of carbonyl (C=O) groups is 2. The van der Waals surface area contributed by atoms with E-state index >= 15 is 0 Å². The van der Waals surface area contributed by atoms with Gasteiger partial charge < -0.3 is 19.9 Å². The molecule has 0 aromatic rings. The van der Waals surface area contributed by atoms with Crippen LogP contribution in [-0.4, -0.2) is 41.0 Å². The molecule has 3 atom stereocenters. The number of ether oxygens (including phenoxy) is 2. The Morgan fingerprint density at radius 2 is 2.00 bits per heavy atom. The summed E-state index contributed by atoms with van der Waals surface area (Å²) in [6.07, 6.45) is -0.470. The van der Waals surface area contributed by atoms with Crippen molar-refractivity contribution in [3.63, 3.8) is 0 Å². The van der Waals surface area contributed by atoms with Crippen LogP contribution in [0.15, 0.2) is 0 Å². The van der Waals surface area contributed by atoms with E-state index in [1.54, 1.807) is 27.7 Å². The second kappa shape index (κ2) is 5.56. The molecule has 0 aromatic heterocycles. The number of carboxylic acids is 1. The van der Waals surface area contributed by atoms with Crippen LogP contribution in [0.4, 0.5) is 4.79 Å². The van der Waals surface area contributed by atoms with E-state index in [0.29, 0.717) is 12.8 Å². The zero-order chi connectivity index (χ0) is 13.9. The fourth-order valence-corrected chi connectivity index (χ4v) is 1.80. The van der Waals surface area contributed by atoms with Gasteiger partial charge in [0.05, 0.1) is 12.1 Å². The molecule has 104 valence electrons. The van der Waals surface area contributed by atoms with Crippen molar-refractivity contribution in [2.75, 3.05) is 0 Å². The molecule has 1 fully saturated rings. The number of hydrogen-bond acceptors (Lipinski definition) is 4. The maximum Gasteiger partial charge on any atom is 0.407 e. The average molecular weight is 259 g/mol. The lowest BCUT2D eigenvalue weighted by Gasteiger charge is -2.24. The van der Waals surface area contributed by atoms with E-state index in [-0.39, 0.29) is 12.1 Å². The molecule has 0 bridgehead atoms. The van der Waals surface area contributed by atoms with Crippen molar-refractivity contribution in [1.29, 1.82) is 0 Å². The predicted octanol–water partition coefficient (Wildman–Crippen LogP) is 1.53. The highest BCUT2D eigenvalue weighted by molar-refractivity contribution is 5.72. The van der Waals surface area contributed by atoms with E-state index in [0.717, 1.165) is 0 Å². The zero-order valence-electron chi connectivity index (χ0n) is 11.2. The summed E-state index contributed by atoms with van der Waals surface area (Å²) in [5.74, 6) is -0.957. The molecule has 0 saturated carbocycles. The Morgan fingerprint density at radius 1 is 1.39 bits per heavy atom. The molecule has 0 unspecified atom stereocenters. The van der Waals surface area contributed by atoms with Crippen molar-refractivity contribution in [3.05, 3.63) is 0 Å². The number of alkyl carbamates (subject to hydrolysis) is 1. The molecule has 1 aliphatic rings. The smallest absolute Gasteiger partial charge is 0.407 e. The van der Waals surface area contributed by atoms with Gasteiger partial charge in [-0.15, -0.1) is 0 Å². The predicted molar refractivity (Wildman–Crippen MR) is 64.4 cm³/mol. The Hall–Kier alpha value is -1.30. The molecule has 1 rings (SSSR count). The minimum Gasteiger partial charge on any atom is -0.479 e. The molecule has 1 saturated heterocycles. The van der Waals surface area contributed by atoms with Gasteiger partial charge in [0, 0.05) is 0 Å². The summed E-state index contributed by atoms with van der Waals surface area (Å²) in [5.41, 5.74) is -0.552. The van der Waals surface area contributed by atoms with Gasteiger partial charge in [0.15, 0.2) is 6.10 Å². The summed E-state index contributed by atoms with van der Waals surface area (Å²) >= 11 is 0. The van der Waals surface area contributed by atoms with Crippen molar-refractivity contribution >= 4 is 12.1 Å². The molecule has 1 aliphatic heterocycles. The Labute approximate surface area is 107 Å². The first kappa shape index (κ1) is 14.8. The van der Waals surface area contributed by atoms with Crippen LogP contribution in [0.25, 0.3) is 0 Å². The lowest BCUT2D eigenvalue weighted by molar-refractivity contribution is -0.149. The normalized spacial score (nSPS) is 25.6. The van der Waals surface area contributed by atoms with Crippen LogP contribution in [0, 0.1) is 0 Å². The first-order valence-corrected chi connectivity index (χ1v) is 6.07. The Morgan fingerprint density at radius 3 is 2.44 bits per heavy atom. The Kier molecular flexibility index (Phi) is 4.56. The van der Waals surface area contributed by atoms with E-state index < -0.39 is 23.8 Å². The molecule has 0 aromatic carbocycles. The van der Waals surface area contributed by atoms with E-state index in [1.165, 1.54) is 0 Å². The van der Waals surface area contributed by atoms with Crippen molar-refractivity contribution in [1.82, 2.24) is 5.32 Å². The quantitative estimate of drug-likeness (QED) is 0.803. The summed E-state index contributed by atoms with van der Waals surface area (Å²) in [6.45, 7) is 7.12. The summed E-state index contributed by atoms with van der Waals surface area (Å²) in [5, 5.41) is 11.5. The van der Waals surface area contributed by atoms with Gasteiger partial charge in [-0.05, 0) is 40.5 Å². The van der Waals surface area contributed by atoms with Gasteiger partial charge in [-0.3, -0.25) is 0 Å². The van der Waals surface area contributed by atoms with Crippen LogP contribution in [0.2, 0.25) is 0 Å². The summed E-state index contributed by atoms with van der Waals surface area (Å²) in [7, 11) is 0. The van der Waals surface area contributed by atoms with Crippen molar-refractivity contribution in [2.24, 2.45) is 0 Å². The topological polar surface area (TPSA) is 84.9 Å². The van der Waals surface area contributed by atoms with Gasteiger partial charge >= 0.3 is 12.1 Å². The number of carboxylic acid groups (broad SMARTS) is 1. The molecule has 1 heterocycles. The fraction of sp³-hybridized carbons (Fsp3) is 0.833. The van der Waals surface area contributed by atoms with E-state index in [1.807, 2.05) is 0 Å². The Balaban J connectivity index is 2.40. The molecular weight excluding hydrogens is 238 g/mol. The number of rotatable bonds is 3. The molecule has 0 spiro atoms. The monoisotopic (exact) mass is 259 g/mol. The lowest BCUT2D eigenvalue weighted by Crippen LogP contribution is -2.43. The van der Waals surface area contributed by atoms with Gasteiger partial charge in [0.2, 0.25) is 0 Å². The first-order valence-electron chi connectivity index (χ1n) is 6.07. The summed E-state index contributed by atoms with van der Waals surface area (Å²) in [4.78, 5) is 22.3. The first-order chi connectivity index (χ1) is 8.19. The van der Waals surface area contributed by atoms with Crippen LogP contribution in [-0.2, 0) is 14.3 Å². The van der Waals surface area contributed by atoms with Gasteiger partial charge in [0.25, 0.3) is 0 Å². The highest BCUT2D eigenvalue weighted by Gasteiger charge is 2.34. The molecule has 0 aliphatic carbocycles. The van der Waals surface area contributed by atoms with Crippen molar-refractivity contribution < 1.29 is 24.2 Å². The van der Waals surface area contributed by atoms with Gasteiger partial charge in [-0.2, -0.15) is 0 Å². The van der Waals surface area contributed by atoms with Gasteiger partial charge in [-0.25, -0.2) is 9.59 Å². The SMILES string of the molecule is C[C@H](NC(=O)OC(C)(C)C)[C@H]1CC[C@H](C(=O)O)O1. The number of carbonyl (C=O) groups excluding carboxylic acids is 1. The lowest BCUT2D eigenvalue weighted by atomic mass is 10.1. The third kappa shape index (κ3) is 4.52. The number of aliphatic carboxylic acids is 1. The molecule has 1 amide bonds. The fourth-order valence-electron chi connectivity index (χ4n) is 1.80. The van der Waals surface area contributed by atoms with Crippen LogP contribution in [0.1, 0.15) is 40.5 Å². The van der Waals surface area contributed by atoms with E-state index in [2.05, 4.69) is 5.32 Å². The average Bonchev–Trinajstić information content (AvgIpc) is 2.62. The maximum atomic E-state index is 11.5. The summed E-state index contributed by atoms with van der Waals surface area (Å²) < 4.78 is 10.5. The molecule has 18 heavy (non-hydrogen) atoms. The third-order valence-electron chi connectivity index (χ3n) is 2.63. The van der Waals surface area contributed by atoms with Crippen LogP contribution < -0.4 is 5.32 Å². The Bertz CT molecular complexity index is 323. The molecule has 6 nitrogen and oxygen atoms in total. The minimum absolute atomic E-state index is 0.274. The van der Waals surface area contributed by atoms with Crippen molar-refractivity contribution in [3.8, 4) is 0 Å². The molecule has 0 radical (unpaired) electrons. The number of amides is 1. The van der Waals surface area contributed by atoms with Crippen LogP contribution in [0.3, 0.4) is 0 Å². The number of nitrogens with one attached hydrogen (secondary N) is 1. The van der Waals surface area contributed by atoms with Crippen molar-refractivity contribution in [2.45, 2.75) is 64.4 Å². The maximum absolute atomic E-state index is 11.5. The molecular formula is C12H21NO5. The largest absolute Gasteiger partial charge is 0.479 e. The summed E-state index contributed by atoms with van der Waals surface area (Å²) in [6, 6.07) is -0.274. The zero-order valence-corrected chi connectivity index (χ0v) is 11.2.